The predicted octanol–water partition coefficient (Wildman–Crippen LogP) is 2.44. The summed E-state index contributed by atoms with van der Waals surface area (Å²) >= 11 is 1.10. The lowest BCUT2D eigenvalue weighted by Gasteiger charge is -2.09. The highest BCUT2D eigenvalue weighted by Crippen LogP contribution is 2.32. The first-order chi connectivity index (χ1) is 11.6. The minimum Gasteiger partial charge on any atom is -0.493 e. The van der Waals surface area contributed by atoms with E-state index in [9.17, 15) is 9.59 Å². The topological polar surface area (TPSA) is 104 Å². The molecule has 2 heterocycles. The summed E-state index contributed by atoms with van der Waals surface area (Å²) in [6.45, 7) is 0. The third-order valence-corrected chi connectivity index (χ3v) is 3.86. The maximum Gasteiger partial charge on any atom is 0.379 e. The molecule has 1 aliphatic heterocycles. The maximum atomic E-state index is 11.9. The average molecular weight is 344 g/mol. The van der Waals surface area contributed by atoms with Crippen molar-refractivity contribution in [3.05, 3.63) is 52.8 Å². The van der Waals surface area contributed by atoms with E-state index in [1.807, 2.05) is 0 Å². The molecule has 1 aliphatic rings. The summed E-state index contributed by atoms with van der Waals surface area (Å²) in [5.41, 5.74) is 6.20. The molecule has 2 aromatic rings. The number of hydrogen-bond donors (Lipinski definition) is 1. The van der Waals surface area contributed by atoms with Gasteiger partial charge in [0, 0.05) is 0 Å². The summed E-state index contributed by atoms with van der Waals surface area (Å²) in [4.78, 5) is 27.6. The molecular weight excluding hydrogens is 332 g/mol. The van der Waals surface area contributed by atoms with Crippen LogP contribution >= 0.6 is 11.8 Å². The lowest BCUT2D eigenvalue weighted by Crippen LogP contribution is -2.08. The number of methoxy groups -OCH3 is 1. The molecule has 0 saturated carbocycles. The van der Waals surface area contributed by atoms with Gasteiger partial charge in [-0.15, -0.1) is 0 Å². The lowest BCUT2D eigenvalue weighted by molar-refractivity contribution is -0.113. The van der Waals surface area contributed by atoms with Crippen LogP contribution in [0, 0.1) is 0 Å². The molecule has 8 heteroatoms. The Hall–Kier alpha value is -3.00. The molecule has 0 radical (unpaired) electrons. The fraction of sp³-hybridized carbons (Fsp3) is 0.0625. The molecule has 0 aliphatic carbocycles. The SMILES string of the molecule is COc1cc(/C=C2/SC(N)=NC2=O)ccc1OC(=O)c1ccco1. The highest BCUT2D eigenvalue weighted by Gasteiger charge is 2.20. The van der Waals surface area contributed by atoms with E-state index in [0.717, 1.165) is 11.8 Å². The van der Waals surface area contributed by atoms with Gasteiger partial charge in [-0.25, -0.2) is 4.79 Å². The second kappa shape index (κ2) is 6.63. The number of amides is 1. The maximum absolute atomic E-state index is 11.9. The first kappa shape index (κ1) is 15.9. The van der Waals surface area contributed by atoms with Gasteiger partial charge in [0.05, 0.1) is 18.3 Å². The molecule has 0 saturated heterocycles. The molecule has 122 valence electrons. The summed E-state index contributed by atoms with van der Waals surface area (Å²) in [5.74, 6) is -0.350. The van der Waals surface area contributed by atoms with Crippen LogP contribution in [0.4, 0.5) is 0 Å². The Labute approximate surface area is 141 Å². The largest absolute Gasteiger partial charge is 0.493 e. The van der Waals surface area contributed by atoms with Gasteiger partial charge in [0.15, 0.2) is 16.7 Å². The third-order valence-electron chi connectivity index (χ3n) is 3.05. The zero-order valence-corrected chi connectivity index (χ0v) is 13.3. The number of nitrogens with two attached hydrogens (primary N) is 1. The lowest BCUT2D eigenvalue weighted by atomic mass is 10.2. The van der Waals surface area contributed by atoms with E-state index in [0.29, 0.717) is 16.2 Å². The second-order valence-corrected chi connectivity index (χ2v) is 5.71. The summed E-state index contributed by atoms with van der Waals surface area (Å²) in [6, 6.07) is 7.98. The van der Waals surface area contributed by atoms with Crippen LogP contribution in [0.15, 0.2) is 50.9 Å². The Morgan fingerprint density at radius 2 is 2.17 bits per heavy atom. The number of ether oxygens (including phenoxy) is 2. The predicted molar refractivity (Wildman–Crippen MR) is 88.9 cm³/mol. The standard InChI is InChI=1S/C16H12N2O5S/c1-21-12-7-9(8-13-14(19)18-16(17)24-13)4-5-10(12)23-15(20)11-3-2-6-22-11/h2-8H,1H3,(H2,17,18,19)/b13-8+. The van der Waals surface area contributed by atoms with E-state index in [1.165, 1.54) is 19.4 Å². The van der Waals surface area contributed by atoms with Crippen LogP contribution in [-0.2, 0) is 4.79 Å². The zero-order chi connectivity index (χ0) is 17.1. The van der Waals surface area contributed by atoms with Crippen molar-refractivity contribution in [3.8, 4) is 11.5 Å². The van der Waals surface area contributed by atoms with Crippen molar-refractivity contribution < 1.29 is 23.5 Å². The van der Waals surface area contributed by atoms with Gasteiger partial charge in [-0.3, -0.25) is 4.79 Å². The van der Waals surface area contributed by atoms with E-state index in [4.69, 9.17) is 19.6 Å². The number of benzene rings is 1. The van der Waals surface area contributed by atoms with Crippen LogP contribution in [0.2, 0.25) is 0 Å². The molecule has 1 aromatic heterocycles. The smallest absolute Gasteiger partial charge is 0.379 e. The van der Waals surface area contributed by atoms with E-state index in [-0.39, 0.29) is 22.6 Å². The Balaban J connectivity index is 1.82. The van der Waals surface area contributed by atoms with E-state index < -0.39 is 5.97 Å². The van der Waals surface area contributed by atoms with Crippen molar-refractivity contribution >= 4 is 34.9 Å². The van der Waals surface area contributed by atoms with Crippen molar-refractivity contribution in [3.63, 3.8) is 0 Å². The molecule has 24 heavy (non-hydrogen) atoms. The normalized spacial score (nSPS) is 15.5. The molecule has 1 aromatic carbocycles. The van der Waals surface area contributed by atoms with Crippen molar-refractivity contribution in [1.82, 2.24) is 0 Å². The molecule has 1 amide bonds. The van der Waals surface area contributed by atoms with Gasteiger partial charge in [-0.2, -0.15) is 4.99 Å². The van der Waals surface area contributed by atoms with Gasteiger partial charge in [0.25, 0.3) is 5.91 Å². The second-order valence-electron chi connectivity index (χ2n) is 4.64. The number of esters is 1. The van der Waals surface area contributed by atoms with Crippen LogP contribution < -0.4 is 15.2 Å². The molecule has 0 unspecified atom stereocenters. The van der Waals surface area contributed by atoms with Crippen LogP contribution in [-0.4, -0.2) is 24.2 Å². The Morgan fingerprint density at radius 3 is 2.79 bits per heavy atom. The summed E-state index contributed by atoms with van der Waals surface area (Å²) < 4.78 is 15.5. The highest BCUT2D eigenvalue weighted by atomic mass is 32.2. The van der Waals surface area contributed by atoms with Gasteiger partial charge in [-0.05, 0) is 47.7 Å². The Bertz CT molecular complexity index is 855. The highest BCUT2D eigenvalue weighted by molar-refractivity contribution is 8.18. The van der Waals surface area contributed by atoms with Crippen molar-refractivity contribution in [2.24, 2.45) is 10.7 Å². The van der Waals surface area contributed by atoms with Crippen LogP contribution in [0.25, 0.3) is 6.08 Å². The van der Waals surface area contributed by atoms with Crippen LogP contribution in [0.3, 0.4) is 0 Å². The van der Waals surface area contributed by atoms with E-state index >= 15 is 0 Å². The number of carbonyl (C=O) groups is 2. The quantitative estimate of drug-likeness (QED) is 0.516. The first-order valence-corrected chi connectivity index (χ1v) is 7.60. The minimum absolute atomic E-state index is 0.0869. The van der Waals surface area contributed by atoms with Gasteiger partial charge in [0.1, 0.15) is 0 Å². The zero-order valence-electron chi connectivity index (χ0n) is 12.5. The molecule has 7 nitrogen and oxygen atoms in total. The third kappa shape index (κ3) is 3.33. The molecule has 0 bridgehead atoms. The molecule has 0 atom stereocenters. The number of furan rings is 1. The van der Waals surface area contributed by atoms with Gasteiger partial charge in [-0.1, -0.05) is 6.07 Å². The fourth-order valence-electron chi connectivity index (χ4n) is 1.98. The minimum atomic E-state index is -0.632. The summed E-state index contributed by atoms with van der Waals surface area (Å²) in [7, 11) is 1.45. The number of rotatable bonds is 4. The first-order valence-electron chi connectivity index (χ1n) is 6.78. The Morgan fingerprint density at radius 1 is 1.33 bits per heavy atom. The number of hydrogen-bond acceptors (Lipinski definition) is 7. The van der Waals surface area contributed by atoms with Crippen molar-refractivity contribution in [1.29, 1.82) is 0 Å². The number of aliphatic imine (C=N–C) groups is 1. The van der Waals surface area contributed by atoms with Gasteiger partial charge >= 0.3 is 5.97 Å². The van der Waals surface area contributed by atoms with Crippen molar-refractivity contribution in [2.75, 3.05) is 7.11 Å². The molecule has 3 rings (SSSR count). The molecule has 0 fully saturated rings. The number of carbonyl (C=O) groups excluding carboxylic acids is 2. The fourth-order valence-corrected chi connectivity index (χ4v) is 2.66. The average Bonchev–Trinajstić information content (AvgIpc) is 3.19. The molecular formula is C16H12N2O5S. The summed E-state index contributed by atoms with van der Waals surface area (Å²) in [6.07, 6.45) is 3.02. The van der Waals surface area contributed by atoms with Gasteiger partial charge < -0.3 is 19.6 Å². The summed E-state index contributed by atoms with van der Waals surface area (Å²) in [5, 5.41) is 0.210. The van der Waals surface area contributed by atoms with E-state index in [2.05, 4.69) is 4.99 Å². The monoisotopic (exact) mass is 344 g/mol. The number of amidine groups is 1. The van der Waals surface area contributed by atoms with E-state index in [1.54, 1.807) is 30.3 Å². The Kier molecular flexibility index (Phi) is 4.39. The molecule has 2 N–H and O–H groups in total. The van der Waals surface area contributed by atoms with Gasteiger partial charge in [0.2, 0.25) is 5.76 Å². The van der Waals surface area contributed by atoms with Crippen LogP contribution in [0.1, 0.15) is 16.1 Å². The number of nitrogens with zero attached hydrogens (tertiary/aromatic N) is 1. The number of thioether (sulfide) groups is 1. The molecule has 0 spiro atoms. The van der Waals surface area contributed by atoms with Crippen molar-refractivity contribution in [2.45, 2.75) is 0 Å². The van der Waals surface area contributed by atoms with Crippen LogP contribution in [0.5, 0.6) is 11.5 Å².